The Morgan fingerprint density at radius 1 is 0.353 bits per heavy atom. The molecule has 11 rings (SSSR count). The Morgan fingerprint density at radius 2 is 0.843 bits per heavy atom. The van der Waals surface area contributed by atoms with Gasteiger partial charge in [-0.2, -0.15) is 0 Å². The summed E-state index contributed by atoms with van der Waals surface area (Å²) in [5.74, 6) is 0. The normalized spacial score (nSPS) is 14.4. The van der Waals surface area contributed by atoms with Crippen molar-refractivity contribution in [3.63, 3.8) is 0 Å². The maximum atomic E-state index is 9.73. The molecule has 0 atom stereocenters. The van der Waals surface area contributed by atoms with E-state index in [1.54, 1.807) is 4.57 Å². The molecule has 0 spiro atoms. The van der Waals surface area contributed by atoms with Crippen LogP contribution in [-0.2, 0) is 0 Å². The standard InChI is InChI=1S/C48H31N3/c1-2-15-32(16-3-1)33-17-12-18-34(31-33)49-40-24-8-6-21-37(40)38-23-13-30-46(48(38)49)51-43-27-11-7-22-39(43)47-44(28-14-29-45(47)51)50-41-25-9-4-19-35(41)36-20-5-10-26-42(36)50/h1-31H/i1D,2D,3D,12D,15D,16D,17D,18D,31D. The highest BCUT2D eigenvalue weighted by Gasteiger charge is 2.22. The van der Waals surface area contributed by atoms with Crippen molar-refractivity contribution in [1.29, 1.82) is 0 Å². The molecule has 3 nitrogen and oxygen atoms in total. The summed E-state index contributed by atoms with van der Waals surface area (Å²) < 4.78 is 86.0. The van der Waals surface area contributed by atoms with Crippen LogP contribution < -0.4 is 0 Å². The van der Waals surface area contributed by atoms with Gasteiger partial charge >= 0.3 is 0 Å². The molecular weight excluding hydrogens is 619 g/mol. The Labute approximate surface area is 307 Å². The second-order valence-electron chi connectivity index (χ2n) is 12.6. The molecule has 0 saturated heterocycles. The molecule has 0 fully saturated rings. The highest BCUT2D eigenvalue weighted by molar-refractivity contribution is 6.18. The minimum atomic E-state index is -0.612. The van der Waals surface area contributed by atoms with Crippen molar-refractivity contribution in [2.75, 3.05) is 0 Å². The molecule has 11 aromatic rings. The number of nitrogens with zero attached hydrogens (tertiary/aromatic N) is 3. The monoisotopic (exact) mass is 658 g/mol. The average Bonchev–Trinajstić information content (AvgIpc) is 3.92. The van der Waals surface area contributed by atoms with Crippen LogP contribution in [0.3, 0.4) is 0 Å². The maximum Gasteiger partial charge on any atom is 0.0782 e. The second kappa shape index (κ2) is 10.8. The highest BCUT2D eigenvalue weighted by atomic mass is 15.1. The molecule has 3 heteroatoms. The topological polar surface area (TPSA) is 14.8 Å². The van der Waals surface area contributed by atoms with Crippen LogP contribution in [0.4, 0.5) is 0 Å². The van der Waals surface area contributed by atoms with Crippen LogP contribution in [0.1, 0.15) is 12.3 Å². The summed E-state index contributed by atoms with van der Waals surface area (Å²) in [5, 5.41) is 5.98. The molecule has 0 unspecified atom stereocenters. The second-order valence-corrected chi connectivity index (χ2v) is 12.6. The molecule has 3 aromatic heterocycles. The van der Waals surface area contributed by atoms with Gasteiger partial charge in [0.05, 0.1) is 56.8 Å². The molecule has 0 N–H and O–H groups in total. The summed E-state index contributed by atoms with van der Waals surface area (Å²) in [5.41, 5.74) is 6.30. The summed E-state index contributed by atoms with van der Waals surface area (Å²) in [6.45, 7) is 0. The zero-order valence-corrected chi connectivity index (χ0v) is 27.0. The number of hydrogen-bond donors (Lipinski definition) is 0. The van der Waals surface area contributed by atoms with E-state index in [-0.39, 0.29) is 16.8 Å². The van der Waals surface area contributed by atoms with Gasteiger partial charge in [-0.1, -0.05) is 133 Å². The van der Waals surface area contributed by atoms with Gasteiger partial charge in [0.25, 0.3) is 0 Å². The Kier molecular flexibility index (Phi) is 4.38. The van der Waals surface area contributed by atoms with Crippen molar-refractivity contribution in [1.82, 2.24) is 13.7 Å². The van der Waals surface area contributed by atoms with Crippen LogP contribution in [0.2, 0.25) is 0 Å². The Balaban J connectivity index is 1.29. The lowest BCUT2D eigenvalue weighted by atomic mass is 10.1. The molecule has 238 valence electrons. The summed E-state index contributed by atoms with van der Waals surface area (Å²) in [7, 11) is 0. The minimum absolute atomic E-state index is 0.0387. The molecule has 0 bridgehead atoms. The maximum absolute atomic E-state index is 9.73. The van der Waals surface area contributed by atoms with Gasteiger partial charge in [-0.25, -0.2) is 0 Å². The lowest BCUT2D eigenvalue weighted by Crippen LogP contribution is -2.01. The zero-order valence-electron chi connectivity index (χ0n) is 36.0. The first-order valence-electron chi connectivity index (χ1n) is 21.3. The van der Waals surface area contributed by atoms with Crippen molar-refractivity contribution in [2.24, 2.45) is 0 Å². The number of benzene rings is 8. The number of hydrogen-bond acceptors (Lipinski definition) is 0. The lowest BCUT2D eigenvalue weighted by molar-refractivity contribution is 1.13. The molecule has 0 aliphatic rings. The minimum Gasteiger partial charge on any atom is -0.309 e. The van der Waals surface area contributed by atoms with Crippen molar-refractivity contribution < 1.29 is 12.3 Å². The molecular formula is C48H31N3. The summed E-state index contributed by atoms with van der Waals surface area (Å²) >= 11 is 0. The average molecular weight is 659 g/mol. The van der Waals surface area contributed by atoms with Crippen molar-refractivity contribution in [3.8, 4) is 28.2 Å². The number of rotatable bonds is 4. The zero-order chi connectivity index (χ0) is 41.3. The van der Waals surface area contributed by atoms with Crippen molar-refractivity contribution in [2.45, 2.75) is 0 Å². The summed E-state index contributed by atoms with van der Waals surface area (Å²) in [6.07, 6.45) is 0. The van der Waals surface area contributed by atoms with Gasteiger partial charge in [-0.3, -0.25) is 0 Å². The number of aromatic nitrogens is 3. The fourth-order valence-electron chi connectivity index (χ4n) is 7.99. The first kappa shape index (κ1) is 20.6. The SMILES string of the molecule is [2H]c1c([2H])c([2H])c(-c2c([2H])c([2H])c([2H])c(-n3c4ccccc4c4cccc(-n5c6ccccc6c6c(-n7c8ccccc8c8ccccc87)cccc65)c43)c2[2H])c([2H])c1[2H]. The van der Waals surface area contributed by atoms with E-state index < -0.39 is 54.4 Å². The molecule has 0 aliphatic carbocycles. The third-order valence-corrected chi connectivity index (χ3v) is 10.00. The molecule has 8 aromatic carbocycles. The molecule has 51 heavy (non-hydrogen) atoms. The van der Waals surface area contributed by atoms with Gasteiger partial charge in [-0.05, 0) is 65.7 Å². The van der Waals surface area contributed by atoms with E-state index in [2.05, 4.69) is 88.0 Å². The van der Waals surface area contributed by atoms with Crippen LogP contribution in [-0.4, -0.2) is 13.7 Å². The van der Waals surface area contributed by atoms with E-state index >= 15 is 0 Å². The number of para-hydroxylation sites is 5. The van der Waals surface area contributed by atoms with Gasteiger partial charge in [-0.15, -0.1) is 0 Å². The van der Waals surface area contributed by atoms with Crippen LogP contribution >= 0.6 is 0 Å². The fourth-order valence-corrected chi connectivity index (χ4v) is 7.99. The van der Waals surface area contributed by atoms with E-state index in [1.165, 1.54) is 0 Å². The molecule has 3 heterocycles. The van der Waals surface area contributed by atoms with E-state index in [4.69, 9.17) is 9.60 Å². The quantitative estimate of drug-likeness (QED) is 0.179. The number of fused-ring (bicyclic) bond motifs is 9. The summed E-state index contributed by atoms with van der Waals surface area (Å²) in [4.78, 5) is 0. The van der Waals surface area contributed by atoms with Gasteiger partial charge in [0, 0.05) is 38.0 Å². The molecule has 0 aliphatic heterocycles. The molecule has 0 saturated carbocycles. The Bertz CT molecular complexity index is 3590. The van der Waals surface area contributed by atoms with E-state index in [0.29, 0.717) is 11.0 Å². The lowest BCUT2D eigenvalue weighted by Gasteiger charge is -2.15. The Hall–Kier alpha value is -6.84. The van der Waals surface area contributed by atoms with Gasteiger partial charge < -0.3 is 13.7 Å². The van der Waals surface area contributed by atoms with Crippen LogP contribution in [0.25, 0.3) is 93.6 Å². The third kappa shape index (κ3) is 4.00. The van der Waals surface area contributed by atoms with Crippen LogP contribution in [0.15, 0.2) is 188 Å². The highest BCUT2D eigenvalue weighted by Crippen LogP contribution is 2.43. The third-order valence-electron chi connectivity index (χ3n) is 10.00. The van der Waals surface area contributed by atoms with Gasteiger partial charge in [0.15, 0.2) is 0 Å². The van der Waals surface area contributed by atoms with Gasteiger partial charge in [0.1, 0.15) is 0 Å². The largest absolute Gasteiger partial charge is 0.309 e. The molecule has 0 radical (unpaired) electrons. The first-order chi connectivity index (χ1) is 29.1. The van der Waals surface area contributed by atoms with Crippen LogP contribution in [0.5, 0.6) is 0 Å². The van der Waals surface area contributed by atoms with E-state index in [1.807, 2.05) is 54.6 Å². The summed E-state index contributed by atoms with van der Waals surface area (Å²) in [6, 6.07) is 40.1. The predicted molar refractivity (Wildman–Crippen MR) is 215 cm³/mol. The fraction of sp³-hybridized carbons (Fsp3) is 0. The van der Waals surface area contributed by atoms with Crippen molar-refractivity contribution >= 4 is 65.4 Å². The first-order valence-corrected chi connectivity index (χ1v) is 16.8. The predicted octanol–water partition coefficient (Wildman–Crippen LogP) is 12.6. The van der Waals surface area contributed by atoms with E-state index in [9.17, 15) is 2.74 Å². The van der Waals surface area contributed by atoms with Crippen molar-refractivity contribution in [3.05, 3.63) is 188 Å². The van der Waals surface area contributed by atoms with Gasteiger partial charge in [0.2, 0.25) is 0 Å². The Morgan fingerprint density at radius 3 is 1.55 bits per heavy atom. The smallest absolute Gasteiger partial charge is 0.0782 e. The molecule has 0 amide bonds. The van der Waals surface area contributed by atoms with E-state index in [0.717, 1.165) is 65.8 Å². The van der Waals surface area contributed by atoms with Crippen LogP contribution in [0, 0.1) is 0 Å².